The van der Waals surface area contributed by atoms with Gasteiger partial charge >= 0.3 is 0 Å². The second-order valence-corrected chi connectivity index (χ2v) is 12.7. The molecule has 9 heteroatoms. The summed E-state index contributed by atoms with van der Waals surface area (Å²) < 4.78 is 6.13. The maximum Gasteiger partial charge on any atom is 0.254 e. The summed E-state index contributed by atoms with van der Waals surface area (Å²) in [6, 6.07) is 21.0. The van der Waals surface area contributed by atoms with E-state index in [1.54, 1.807) is 31.2 Å². The van der Waals surface area contributed by atoms with Crippen LogP contribution >= 0.6 is 0 Å². The fraction of sp³-hybridized carbons (Fsp3) is 0.389. The van der Waals surface area contributed by atoms with Gasteiger partial charge in [-0.25, -0.2) is 0 Å². The Kier molecular flexibility index (Phi) is 11.0. The number of carbonyl (C=O) groups excluding carboxylic acids is 3. The minimum absolute atomic E-state index is 0.0283. The van der Waals surface area contributed by atoms with Gasteiger partial charge in [0, 0.05) is 23.7 Å². The molecule has 0 aromatic heterocycles. The average Bonchev–Trinajstić information content (AvgIpc) is 3.02. The number of ether oxygens (including phenoxy) is 1. The predicted octanol–water partition coefficient (Wildman–Crippen LogP) is 5.66. The van der Waals surface area contributed by atoms with Crippen molar-refractivity contribution in [2.45, 2.75) is 83.8 Å². The lowest BCUT2D eigenvalue weighted by Gasteiger charge is -2.29. The fourth-order valence-electron chi connectivity index (χ4n) is 5.42. The lowest BCUT2D eigenvalue weighted by molar-refractivity contribution is -0.129. The Hall–Kier alpha value is -4.66. The van der Waals surface area contributed by atoms with Crippen LogP contribution in [-0.4, -0.2) is 47.1 Å². The van der Waals surface area contributed by atoms with E-state index < -0.39 is 17.9 Å². The number of benzene rings is 3. The molecule has 9 nitrogen and oxygen atoms in total. The van der Waals surface area contributed by atoms with Crippen molar-refractivity contribution >= 4 is 23.6 Å². The van der Waals surface area contributed by atoms with E-state index in [4.69, 9.17) is 15.9 Å². The first-order chi connectivity index (χ1) is 21.4. The maximum absolute atomic E-state index is 13.9. The summed E-state index contributed by atoms with van der Waals surface area (Å²) in [5, 5.41) is 13.5. The third kappa shape index (κ3) is 9.41. The van der Waals surface area contributed by atoms with Gasteiger partial charge in [0.1, 0.15) is 23.4 Å². The Morgan fingerprint density at radius 3 is 2.27 bits per heavy atom. The SMILES string of the molecule is C[C@@H](C(=O)NCC(=O)NC1CCCCC1)N(Cc1cccc(Oc2ccc(C(C)(C)C)cc2)c1)C(=O)c1cccc(C(=N)N)c1. The van der Waals surface area contributed by atoms with E-state index in [0.29, 0.717) is 22.6 Å². The van der Waals surface area contributed by atoms with E-state index in [9.17, 15) is 14.4 Å². The molecule has 3 amide bonds. The minimum Gasteiger partial charge on any atom is -0.457 e. The van der Waals surface area contributed by atoms with Gasteiger partial charge in [-0.2, -0.15) is 0 Å². The lowest BCUT2D eigenvalue weighted by atomic mass is 9.87. The summed E-state index contributed by atoms with van der Waals surface area (Å²) in [4.78, 5) is 41.2. The molecule has 0 unspecified atom stereocenters. The fourth-order valence-corrected chi connectivity index (χ4v) is 5.42. The van der Waals surface area contributed by atoms with Gasteiger partial charge in [-0.05, 0) is 72.7 Å². The molecule has 1 atom stereocenters. The van der Waals surface area contributed by atoms with Crippen molar-refractivity contribution in [3.05, 3.63) is 95.1 Å². The topological polar surface area (TPSA) is 138 Å². The molecule has 45 heavy (non-hydrogen) atoms. The standard InChI is InChI=1S/C36H45N5O4/c1-24(34(43)39-22-32(42)40-29-13-6-5-7-14-29)41(35(44)27-12-9-11-26(21-27)33(37)38)23-25-10-8-15-31(20-25)45-30-18-16-28(17-19-30)36(2,3)4/h8-12,15-21,24,29H,5-7,13-14,22-23H2,1-4H3,(H3,37,38)(H,39,43)(H,40,42)/t24-/m0/s1. The molecule has 0 bridgehead atoms. The van der Waals surface area contributed by atoms with Crippen molar-refractivity contribution in [3.63, 3.8) is 0 Å². The van der Waals surface area contributed by atoms with Crippen molar-refractivity contribution in [1.29, 1.82) is 5.41 Å². The van der Waals surface area contributed by atoms with Gasteiger partial charge in [0.15, 0.2) is 0 Å². The molecular weight excluding hydrogens is 566 g/mol. The van der Waals surface area contributed by atoms with Crippen LogP contribution in [0.5, 0.6) is 11.5 Å². The van der Waals surface area contributed by atoms with Crippen LogP contribution in [0.15, 0.2) is 72.8 Å². The molecule has 5 N–H and O–H groups in total. The normalized spacial score (nSPS) is 14.2. The second-order valence-electron chi connectivity index (χ2n) is 12.7. The van der Waals surface area contributed by atoms with E-state index in [1.165, 1.54) is 16.9 Å². The first-order valence-electron chi connectivity index (χ1n) is 15.6. The Morgan fingerprint density at radius 2 is 1.60 bits per heavy atom. The molecule has 1 saturated carbocycles. The van der Waals surface area contributed by atoms with Gasteiger partial charge < -0.3 is 26.0 Å². The quantitative estimate of drug-likeness (QED) is 0.164. The summed E-state index contributed by atoms with van der Waals surface area (Å²) in [5.41, 5.74) is 8.36. The van der Waals surface area contributed by atoms with E-state index in [1.807, 2.05) is 48.5 Å². The Bertz CT molecular complexity index is 1510. The molecule has 0 spiro atoms. The zero-order valence-electron chi connectivity index (χ0n) is 26.7. The van der Waals surface area contributed by atoms with E-state index in [0.717, 1.165) is 31.2 Å². The van der Waals surface area contributed by atoms with Crippen molar-refractivity contribution < 1.29 is 19.1 Å². The third-order valence-corrected chi connectivity index (χ3v) is 8.13. The van der Waals surface area contributed by atoms with Crippen LogP contribution in [0.4, 0.5) is 0 Å². The first-order valence-corrected chi connectivity index (χ1v) is 15.6. The molecule has 0 aliphatic heterocycles. The smallest absolute Gasteiger partial charge is 0.254 e. The molecule has 1 aliphatic carbocycles. The highest BCUT2D eigenvalue weighted by molar-refractivity contribution is 6.01. The number of amidine groups is 1. The number of rotatable bonds is 11. The summed E-state index contributed by atoms with van der Waals surface area (Å²) >= 11 is 0. The highest BCUT2D eigenvalue weighted by Crippen LogP contribution is 2.28. The van der Waals surface area contributed by atoms with E-state index >= 15 is 0 Å². The number of carbonyl (C=O) groups is 3. The van der Waals surface area contributed by atoms with E-state index in [2.05, 4.69) is 31.4 Å². The average molecular weight is 612 g/mol. The number of nitrogens with one attached hydrogen (secondary N) is 3. The second kappa shape index (κ2) is 14.9. The van der Waals surface area contributed by atoms with Gasteiger partial charge in [-0.15, -0.1) is 0 Å². The van der Waals surface area contributed by atoms with Gasteiger partial charge in [-0.3, -0.25) is 19.8 Å². The summed E-state index contributed by atoms with van der Waals surface area (Å²) in [6.07, 6.45) is 5.25. The molecular formula is C36H45N5O4. The zero-order valence-corrected chi connectivity index (χ0v) is 26.7. The highest BCUT2D eigenvalue weighted by atomic mass is 16.5. The highest BCUT2D eigenvalue weighted by Gasteiger charge is 2.28. The van der Waals surface area contributed by atoms with Crippen LogP contribution in [0.3, 0.4) is 0 Å². The number of hydrogen-bond donors (Lipinski definition) is 4. The van der Waals surface area contributed by atoms with Crippen molar-refractivity contribution in [1.82, 2.24) is 15.5 Å². The van der Waals surface area contributed by atoms with E-state index in [-0.39, 0.29) is 36.3 Å². The van der Waals surface area contributed by atoms with Crippen LogP contribution in [0, 0.1) is 5.41 Å². The van der Waals surface area contributed by atoms with Crippen molar-refractivity contribution in [2.75, 3.05) is 6.54 Å². The zero-order chi connectivity index (χ0) is 32.6. The molecule has 0 saturated heterocycles. The number of nitrogen functional groups attached to an aromatic ring is 1. The largest absolute Gasteiger partial charge is 0.457 e. The minimum atomic E-state index is -0.907. The van der Waals surface area contributed by atoms with Gasteiger partial charge in [0.05, 0.1) is 6.54 Å². The molecule has 3 aromatic carbocycles. The van der Waals surface area contributed by atoms with Gasteiger partial charge in [-0.1, -0.05) is 76.4 Å². The molecule has 238 valence electrons. The van der Waals surface area contributed by atoms with Crippen molar-refractivity contribution in [2.24, 2.45) is 5.73 Å². The summed E-state index contributed by atoms with van der Waals surface area (Å²) in [6.45, 7) is 8.04. The third-order valence-electron chi connectivity index (χ3n) is 8.13. The van der Waals surface area contributed by atoms with Gasteiger partial charge in [0.2, 0.25) is 11.8 Å². The number of nitrogens with two attached hydrogens (primary N) is 1. The van der Waals surface area contributed by atoms with Crippen molar-refractivity contribution in [3.8, 4) is 11.5 Å². The van der Waals surface area contributed by atoms with Crippen LogP contribution in [-0.2, 0) is 21.5 Å². The van der Waals surface area contributed by atoms with Crippen LogP contribution < -0.4 is 21.1 Å². The molecule has 0 heterocycles. The Balaban J connectivity index is 1.51. The van der Waals surface area contributed by atoms with Crippen LogP contribution in [0.2, 0.25) is 0 Å². The first kappa shape index (κ1) is 33.2. The molecule has 1 fully saturated rings. The summed E-state index contributed by atoms with van der Waals surface area (Å²) in [7, 11) is 0. The molecule has 1 aliphatic rings. The van der Waals surface area contributed by atoms with Crippen LogP contribution in [0.1, 0.15) is 86.8 Å². The summed E-state index contributed by atoms with van der Waals surface area (Å²) in [5.74, 6) is 0.0285. The number of amides is 3. The number of hydrogen-bond acceptors (Lipinski definition) is 5. The lowest BCUT2D eigenvalue weighted by Crippen LogP contribution is -2.50. The van der Waals surface area contributed by atoms with Crippen LogP contribution in [0.25, 0.3) is 0 Å². The molecule has 0 radical (unpaired) electrons. The monoisotopic (exact) mass is 611 g/mol. The molecule has 4 rings (SSSR count). The molecule has 3 aromatic rings. The van der Waals surface area contributed by atoms with Gasteiger partial charge in [0.25, 0.3) is 5.91 Å². The maximum atomic E-state index is 13.9. The predicted molar refractivity (Wildman–Crippen MR) is 176 cm³/mol. The Labute approximate surface area is 266 Å². The number of nitrogens with zero attached hydrogens (tertiary/aromatic N) is 1. The Morgan fingerprint density at radius 1 is 0.933 bits per heavy atom.